The van der Waals surface area contributed by atoms with E-state index in [2.05, 4.69) is 10.1 Å². The number of rotatable bonds is 3. The second-order valence-electron chi connectivity index (χ2n) is 6.41. The number of nitrogens with zero attached hydrogens (tertiary/aromatic N) is 3. The molecule has 0 spiro atoms. The molecule has 2 aromatic carbocycles. The Hall–Kier alpha value is -3.23. The first-order valence-corrected chi connectivity index (χ1v) is 8.38. The van der Waals surface area contributed by atoms with E-state index in [9.17, 15) is 22.4 Å². The van der Waals surface area contributed by atoms with E-state index in [-0.39, 0.29) is 30.0 Å². The van der Waals surface area contributed by atoms with Gasteiger partial charge in [0.2, 0.25) is 17.6 Å². The Morgan fingerprint density at radius 3 is 2.36 bits per heavy atom. The molecule has 5 nitrogen and oxygen atoms in total. The number of anilines is 1. The zero-order valence-electron chi connectivity index (χ0n) is 14.3. The highest BCUT2D eigenvalue weighted by molar-refractivity contribution is 5.96. The Labute approximate surface area is 156 Å². The molecule has 0 N–H and O–H groups in total. The maximum Gasteiger partial charge on any atom is 0.416 e. The minimum atomic E-state index is -4.42. The largest absolute Gasteiger partial charge is 0.416 e. The van der Waals surface area contributed by atoms with E-state index in [1.807, 2.05) is 0 Å². The van der Waals surface area contributed by atoms with E-state index in [0.717, 1.165) is 12.1 Å². The van der Waals surface area contributed by atoms with Crippen LogP contribution in [0.25, 0.3) is 11.4 Å². The van der Waals surface area contributed by atoms with Crippen LogP contribution in [-0.4, -0.2) is 22.6 Å². The van der Waals surface area contributed by atoms with E-state index in [1.165, 1.54) is 41.3 Å². The van der Waals surface area contributed by atoms with Gasteiger partial charge in [0, 0.05) is 24.2 Å². The molecule has 1 atom stereocenters. The van der Waals surface area contributed by atoms with Crippen LogP contribution in [0.4, 0.5) is 23.2 Å². The second-order valence-corrected chi connectivity index (χ2v) is 6.41. The van der Waals surface area contributed by atoms with Gasteiger partial charge in [0.1, 0.15) is 5.82 Å². The number of carbonyl (C=O) groups is 1. The van der Waals surface area contributed by atoms with Crippen LogP contribution >= 0.6 is 0 Å². The molecule has 0 saturated carbocycles. The molecule has 28 heavy (non-hydrogen) atoms. The molecule has 1 amide bonds. The third kappa shape index (κ3) is 3.47. The van der Waals surface area contributed by atoms with Gasteiger partial charge < -0.3 is 9.42 Å². The van der Waals surface area contributed by atoms with E-state index < -0.39 is 17.6 Å². The van der Waals surface area contributed by atoms with Crippen LogP contribution < -0.4 is 4.90 Å². The zero-order chi connectivity index (χ0) is 19.9. The number of hydrogen-bond donors (Lipinski definition) is 0. The molecular weight excluding hydrogens is 378 g/mol. The molecule has 3 aromatic rings. The quantitative estimate of drug-likeness (QED) is 0.621. The summed E-state index contributed by atoms with van der Waals surface area (Å²) in [7, 11) is 0. The number of carbonyl (C=O) groups excluding carboxylic acids is 1. The number of aromatic nitrogens is 2. The standard InChI is InChI=1S/C19H13F4N3O2/c20-14-5-7-15(8-6-14)26-10-12(9-16(26)27)18-24-17(25-28-18)11-1-3-13(4-2-11)19(21,22)23/h1-8,12H,9-10H2/t12-/m1/s1. The van der Waals surface area contributed by atoms with Crippen molar-refractivity contribution in [2.24, 2.45) is 0 Å². The van der Waals surface area contributed by atoms with Crippen LogP contribution in [0.5, 0.6) is 0 Å². The first-order valence-electron chi connectivity index (χ1n) is 8.38. The van der Waals surface area contributed by atoms with Gasteiger partial charge in [0.15, 0.2) is 0 Å². The molecule has 0 aliphatic carbocycles. The topological polar surface area (TPSA) is 59.2 Å². The van der Waals surface area contributed by atoms with Crippen molar-refractivity contribution < 1.29 is 26.9 Å². The number of halogens is 4. The summed E-state index contributed by atoms with van der Waals surface area (Å²) >= 11 is 0. The number of alkyl halides is 3. The fourth-order valence-corrected chi connectivity index (χ4v) is 3.07. The SMILES string of the molecule is O=C1C[C@@H](c2nc(-c3ccc(C(F)(F)F)cc3)no2)CN1c1ccc(F)cc1. The average molecular weight is 391 g/mol. The molecule has 0 radical (unpaired) electrons. The predicted octanol–water partition coefficient (Wildman–Crippen LogP) is 4.42. The normalized spacial score (nSPS) is 17.4. The average Bonchev–Trinajstić information content (AvgIpc) is 3.29. The molecule has 9 heteroatoms. The third-order valence-corrected chi connectivity index (χ3v) is 4.52. The second kappa shape index (κ2) is 6.74. The lowest BCUT2D eigenvalue weighted by Crippen LogP contribution is -2.24. The predicted molar refractivity (Wildman–Crippen MR) is 90.8 cm³/mol. The minimum Gasteiger partial charge on any atom is -0.339 e. The number of benzene rings is 2. The molecule has 1 aliphatic heterocycles. The fourth-order valence-electron chi connectivity index (χ4n) is 3.07. The Kier molecular flexibility index (Phi) is 4.37. The fraction of sp³-hybridized carbons (Fsp3) is 0.211. The lowest BCUT2D eigenvalue weighted by atomic mass is 10.1. The van der Waals surface area contributed by atoms with Crippen molar-refractivity contribution in [1.29, 1.82) is 0 Å². The summed E-state index contributed by atoms with van der Waals surface area (Å²) in [6.07, 6.45) is -4.28. The lowest BCUT2D eigenvalue weighted by Gasteiger charge is -2.15. The van der Waals surface area contributed by atoms with Crippen molar-refractivity contribution in [2.75, 3.05) is 11.4 Å². The van der Waals surface area contributed by atoms with Gasteiger partial charge in [-0.1, -0.05) is 17.3 Å². The Morgan fingerprint density at radius 2 is 1.71 bits per heavy atom. The maximum atomic E-state index is 13.1. The molecule has 1 aliphatic rings. The highest BCUT2D eigenvalue weighted by Gasteiger charge is 2.35. The number of hydrogen-bond acceptors (Lipinski definition) is 4. The van der Waals surface area contributed by atoms with Crippen LogP contribution in [-0.2, 0) is 11.0 Å². The van der Waals surface area contributed by atoms with Gasteiger partial charge in [-0.3, -0.25) is 4.79 Å². The molecule has 0 unspecified atom stereocenters. The van der Waals surface area contributed by atoms with Crippen molar-refractivity contribution in [2.45, 2.75) is 18.5 Å². The Bertz CT molecular complexity index is 997. The summed E-state index contributed by atoms with van der Waals surface area (Å²) in [5, 5.41) is 3.81. The van der Waals surface area contributed by atoms with Crippen molar-refractivity contribution in [3.63, 3.8) is 0 Å². The van der Waals surface area contributed by atoms with Gasteiger partial charge in [-0.25, -0.2) is 4.39 Å². The van der Waals surface area contributed by atoms with Gasteiger partial charge >= 0.3 is 6.18 Å². The van der Waals surface area contributed by atoms with E-state index in [0.29, 0.717) is 17.8 Å². The van der Waals surface area contributed by atoms with Crippen LogP contribution in [0.15, 0.2) is 53.1 Å². The van der Waals surface area contributed by atoms with E-state index in [4.69, 9.17) is 4.52 Å². The summed E-state index contributed by atoms with van der Waals surface area (Å²) in [4.78, 5) is 18.0. The summed E-state index contributed by atoms with van der Waals surface area (Å²) in [6.45, 7) is 0.291. The number of amides is 1. The van der Waals surface area contributed by atoms with Crippen LogP contribution in [0.3, 0.4) is 0 Å². The van der Waals surface area contributed by atoms with Gasteiger partial charge in [-0.2, -0.15) is 18.2 Å². The van der Waals surface area contributed by atoms with Gasteiger partial charge in [-0.05, 0) is 36.4 Å². The van der Waals surface area contributed by atoms with Crippen molar-refractivity contribution in [3.8, 4) is 11.4 Å². The first-order chi connectivity index (χ1) is 13.3. The van der Waals surface area contributed by atoms with Gasteiger partial charge in [0.25, 0.3) is 0 Å². The highest BCUT2D eigenvalue weighted by Crippen LogP contribution is 2.33. The monoisotopic (exact) mass is 391 g/mol. The lowest BCUT2D eigenvalue weighted by molar-refractivity contribution is -0.137. The van der Waals surface area contributed by atoms with Gasteiger partial charge in [-0.15, -0.1) is 0 Å². The highest BCUT2D eigenvalue weighted by atomic mass is 19.4. The summed E-state index contributed by atoms with van der Waals surface area (Å²) in [6, 6.07) is 9.98. The summed E-state index contributed by atoms with van der Waals surface area (Å²) in [5.74, 6) is -0.534. The summed E-state index contributed by atoms with van der Waals surface area (Å²) in [5.41, 5.74) is 0.176. The molecule has 4 rings (SSSR count). The van der Waals surface area contributed by atoms with Crippen LogP contribution in [0, 0.1) is 5.82 Å². The first kappa shape index (κ1) is 18.1. The molecule has 0 bridgehead atoms. The molecule has 144 valence electrons. The molecule has 1 aromatic heterocycles. The van der Waals surface area contributed by atoms with Crippen LogP contribution in [0.1, 0.15) is 23.8 Å². The zero-order valence-corrected chi connectivity index (χ0v) is 14.3. The van der Waals surface area contributed by atoms with E-state index in [1.54, 1.807) is 0 Å². The van der Waals surface area contributed by atoms with Crippen molar-refractivity contribution in [1.82, 2.24) is 10.1 Å². The minimum absolute atomic E-state index is 0.145. The van der Waals surface area contributed by atoms with Crippen molar-refractivity contribution >= 4 is 11.6 Å². The summed E-state index contributed by atoms with van der Waals surface area (Å²) < 4.78 is 56.3. The molecule has 1 saturated heterocycles. The molecular formula is C19H13F4N3O2. The smallest absolute Gasteiger partial charge is 0.339 e. The van der Waals surface area contributed by atoms with Crippen LogP contribution in [0.2, 0.25) is 0 Å². The Morgan fingerprint density at radius 1 is 1.04 bits per heavy atom. The van der Waals surface area contributed by atoms with Crippen molar-refractivity contribution in [3.05, 3.63) is 65.8 Å². The third-order valence-electron chi connectivity index (χ3n) is 4.52. The van der Waals surface area contributed by atoms with Gasteiger partial charge in [0.05, 0.1) is 11.5 Å². The molecule has 1 fully saturated rings. The maximum absolute atomic E-state index is 13.1. The van der Waals surface area contributed by atoms with E-state index >= 15 is 0 Å². The molecule has 2 heterocycles. The Balaban J connectivity index is 1.52.